The highest BCUT2D eigenvalue weighted by Gasteiger charge is 2.44. The number of fused-ring (bicyclic) bond motifs is 2. The zero-order valence-corrected chi connectivity index (χ0v) is 10.4. The molecule has 17 heavy (non-hydrogen) atoms. The van der Waals surface area contributed by atoms with E-state index in [-0.39, 0.29) is 24.9 Å². The van der Waals surface area contributed by atoms with Crippen molar-refractivity contribution in [1.29, 1.82) is 0 Å². The number of hydrogen-bond donors (Lipinski definition) is 1. The van der Waals surface area contributed by atoms with Gasteiger partial charge in [-0.3, -0.25) is 0 Å². The maximum Gasteiger partial charge on any atom is 0.410 e. The standard InChI is InChI=1S/C11H19NO5/c1-11(2,3)17-10(14)12-4-7-8(6-13)16-9(5-12)15-7/h7-9,13H,4-6H2,1-3H3/t7-,8-,9-/m1/s1. The van der Waals surface area contributed by atoms with Gasteiger partial charge in [-0.2, -0.15) is 0 Å². The van der Waals surface area contributed by atoms with Crippen molar-refractivity contribution in [3.63, 3.8) is 0 Å². The Hall–Kier alpha value is -0.850. The zero-order chi connectivity index (χ0) is 12.6. The van der Waals surface area contributed by atoms with Gasteiger partial charge in [-0.15, -0.1) is 0 Å². The molecule has 2 aliphatic rings. The first-order chi connectivity index (χ1) is 7.89. The maximum absolute atomic E-state index is 11.9. The van der Waals surface area contributed by atoms with Crippen molar-refractivity contribution >= 4 is 6.09 Å². The molecule has 0 unspecified atom stereocenters. The fourth-order valence-electron chi connectivity index (χ4n) is 1.95. The van der Waals surface area contributed by atoms with Gasteiger partial charge >= 0.3 is 6.09 Å². The lowest BCUT2D eigenvalue weighted by molar-refractivity contribution is -0.111. The summed E-state index contributed by atoms with van der Waals surface area (Å²) in [6, 6.07) is 0. The van der Waals surface area contributed by atoms with E-state index < -0.39 is 11.9 Å². The van der Waals surface area contributed by atoms with Gasteiger partial charge in [0.25, 0.3) is 0 Å². The topological polar surface area (TPSA) is 68.2 Å². The van der Waals surface area contributed by atoms with Crippen LogP contribution in [0.5, 0.6) is 0 Å². The van der Waals surface area contributed by atoms with Crippen LogP contribution < -0.4 is 0 Å². The Morgan fingerprint density at radius 1 is 1.41 bits per heavy atom. The molecule has 0 aromatic carbocycles. The molecule has 1 N–H and O–H groups in total. The number of carbonyl (C=O) groups excluding carboxylic acids is 1. The minimum atomic E-state index is -0.508. The molecule has 2 heterocycles. The molecule has 0 spiro atoms. The molecule has 98 valence electrons. The number of carbonyl (C=O) groups is 1. The summed E-state index contributed by atoms with van der Waals surface area (Å²) in [5.74, 6) is 0. The molecular weight excluding hydrogens is 226 g/mol. The van der Waals surface area contributed by atoms with Crippen LogP contribution in [0.15, 0.2) is 0 Å². The lowest BCUT2D eigenvalue weighted by Gasteiger charge is -2.32. The smallest absolute Gasteiger partial charge is 0.410 e. The molecule has 0 radical (unpaired) electrons. The Kier molecular flexibility index (Phi) is 3.29. The third kappa shape index (κ3) is 2.88. The molecule has 2 fully saturated rings. The molecule has 2 saturated heterocycles. The van der Waals surface area contributed by atoms with Gasteiger partial charge in [0.1, 0.15) is 17.8 Å². The molecule has 0 aromatic heterocycles. The first-order valence-electron chi connectivity index (χ1n) is 5.79. The molecule has 6 nitrogen and oxygen atoms in total. The molecule has 0 saturated carbocycles. The summed E-state index contributed by atoms with van der Waals surface area (Å²) >= 11 is 0. The van der Waals surface area contributed by atoms with Crippen molar-refractivity contribution in [2.75, 3.05) is 19.7 Å². The van der Waals surface area contributed by atoms with Gasteiger partial charge in [0.2, 0.25) is 0 Å². The minimum absolute atomic E-state index is 0.0939. The average Bonchev–Trinajstić information content (AvgIpc) is 2.50. The normalized spacial score (nSPS) is 32.7. The van der Waals surface area contributed by atoms with E-state index in [1.54, 1.807) is 4.90 Å². The summed E-state index contributed by atoms with van der Waals surface area (Å²) in [5, 5.41) is 9.08. The van der Waals surface area contributed by atoms with E-state index in [1.165, 1.54) is 0 Å². The van der Waals surface area contributed by atoms with Crippen LogP contribution in [0.1, 0.15) is 20.8 Å². The van der Waals surface area contributed by atoms with Crippen LogP contribution in [0.25, 0.3) is 0 Å². The highest BCUT2D eigenvalue weighted by atomic mass is 16.7. The lowest BCUT2D eigenvalue weighted by Crippen LogP contribution is -2.49. The highest BCUT2D eigenvalue weighted by molar-refractivity contribution is 5.68. The Morgan fingerprint density at radius 2 is 2.12 bits per heavy atom. The second kappa shape index (κ2) is 4.44. The van der Waals surface area contributed by atoms with Crippen molar-refractivity contribution in [2.45, 2.75) is 44.9 Å². The fourth-order valence-corrected chi connectivity index (χ4v) is 1.95. The molecule has 0 aliphatic carbocycles. The van der Waals surface area contributed by atoms with Crippen LogP contribution >= 0.6 is 0 Å². The van der Waals surface area contributed by atoms with E-state index in [0.29, 0.717) is 13.1 Å². The molecular formula is C11H19NO5. The molecule has 2 bridgehead atoms. The lowest BCUT2D eigenvalue weighted by atomic mass is 10.2. The van der Waals surface area contributed by atoms with E-state index >= 15 is 0 Å². The molecule has 6 heteroatoms. The number of rotatable bonds is 1. The van der Waals surface area contributed by atoms with Gasteiger partial charge in [0.15, 0.2) is 6.29 Å². The predicted molar refractivity (Wildman–Crippen MR) is 58.4 cm³/mol. The van der Waals surface area contributed by atoms with Gasteiger partial charge in [0, 0.05) is 0 Å². The summed E-state index contributed by atoms with van der Waals surface area (Å²) in [4.78, 5) is 13.4. The van der Waals surface area contributed by atoms with E-state index in [2.05, 4.69) is 0 Å². The number of aliphatic hydroxyl groups is 1. The molecule has 2 rings (SSSR count). The first kappa shape index (κ1) is 12.6. The van der Waals surface area contributed by atoms with E-state index in [1.807, 2.05) is 20.8 Å². The molecule has 1 amide bonds. The fraction of sp³-hybridized carbons (Fsp3) is 0.909. The van der Waals surface area contributed by atoms with Gasteiger partial charge in [-0.05, 0) is 20.8 Å². The minimum Gasteiger partial charge on any atom is -0.444 e. The summed E-state index contributed by atoms with van der Waals surface area (Å²) in [5.41, 5.74) is -0.508. The monoisotopic (exact) mass is 245 g/mol. The number of ether oxygens (including phenoxy) is 3. The summed E-state index contributed by atoms with van der Waals surface area (Å²) in [6.45, 7) is 6.13. The third-order valence-electron chi connectivity index (χ3n) is 2.67. The van der Waals surface area contributed by atoms with Crippen LogP contribution in [-0.4, -0.2) is 59.9 Å². The van der Waals surface area contributed by atoms with Gasteiger partial charge in [0.05, 0.1) is 19.7 Å². The van der Waals surface area contributed by atoms with Crippen molar-refractivity contribution in [3.8, 4) is 0 Å². The van der Waals surface area contributed by atoms with Crippen molar-refractivity contribution < 1.29 is 24.1 Å². The second-order valence-electron chi connectivity index (χ2n) is 5.35. The van der Waals surface area contributed by atoms with E-state index in [4.69, 9.17) is 19.3 Å². The predicted octanol–water partition coefficient (Wildman–Crippen LogP) is 0.339. The summed E-state index contributed by atoms with van der Waals surface area (Å²) < 4.78 is 16.2. The average molecular weight is 245 g/mol. The van der Waals surface area contributed by atoms with Gasteiger partial charge < -0.3 is 24.2 Å². The third-order valence-corrected chi connectivity index (χ3v) is 2.67. The Bertz CT molecular complexity index is 301. The van der Waals surface area contributed by atoms with Gasteiger partial charge in [-0.25, -0.2) is 4.79 Å². The van der Waals surface area contributed by atoms with E-state index in [0.717, 1.165) is 0 Å². The van der Waals surface area contributed by atoms with Crippen molar-refractivity contribution in [3.05, 3.63) is 0 Å². The first-order valence-corrected chi connectivity index (χ1v) is 5.79. The molecule has 3 atom stereocenters. The molecule has 0 aromatic rings. The number of hydrogen-bond acceptors (Lipinski definition) is 5. The number of aliphatic hydroxyl groups excluding tert-OH is 1. The summed E-state index contributed by atoms with van der Waals surface area (Å²) in [7, 11) is 0. The van der Waals surface area contributed by atoms with Crippen LogP contribution in [-0.2, 0) is 14.2 Å². The van der Waals surface area contributed by atoms with E-state index in [9.17, 15) is 4.79 Å². The second-order valence-corrected chi connectivity index (χ2v) is 5.35. The van der Waals surface area contributed by atoms with Crippen molar-refractivity contribution in [2.24, 2.45) is 0 Å². The van der Waals surface area contributed by atoms with Crippen molar-refractivity contribution in [1.82, 2.24) is 4.90 Å². The van der Waals surface area contributed by atoms with Crippen LogP contribution in [0, 0.1) is 0 Å². The van der Waals surface area contributed by atoms with Crippen LogP contribution in [0.3, 0.4) is 0 Å². The maximum atomic E-state index is 11.9. The SMILES string of the molecule is CC(C)(C)OC(=O)N1C[C@H]2O[C@H](CO)[C@@H](C1)O2. The highest BCUT2D eigenvalue weighted by Crippen LogP contribution is 2.26. The Morgan fingerprint density at radius 3 is 2.71 bits per heavy atom. The quantitative estimate of drug-likeness (QED) is 0.721. The summed E-state index contributed by atoms with van der Waals surface area (Å²) in [6.07, 6.45) is -1.41. The number of amides is 1. The Labute approximate surface area is 100 Å². The largest absolute Gasteiger partial charge is 0.444 e. The zero-order valence-electron chi connectivity index (χ0n) is 10.4. The number of morpholine rings is 1. The Balaban J connectivity index is 1.95. The number of nitrogens with zero attached hydrogens (tertiary/aromatic N) is 1. The van der Waals surface area contributed by atoms with Crippen LogP contribution in [0.2, 0.25) is 0 Å². The van der Waals surface area contributed by atoms with Crippen LogP contribution in [0.4, 0.5) is 4.79 Å². The molecule has 2 aliphatic heterocycles. The van der Waals surface area contributed by atoms with Gasteiger partial charge in [-0.1, -0.05) is 0 Å².